The second-order valence-electron chi connectivity index (χ2n) is 7.63. The Kier molecular flexibility index (Phi) is 6.05. The van der Waals surface area contributed by atoms with Gasteiger partial charge in [-0.25, -0.2) is 9.18 Å². The molecule has 5 nitrogen and oxygen atoms in total. The SMILES string of the molecule is C=Cc1cc(C(=O)N2CCC[C@H](NC(=O)OC(C)(C)C)C2)c(F)cc1C. The molecule has 1 fully saturated rings. The number of piperidine rings is 1. The van der Waals surface area contributed by atoms with Crippen molar-refractivity contribution >= 4 is 18.1 Å². The van der Waals surface area contributed by atoms with E-state index in [-0.39, 0.29) is 17.5 Å². The first-order valence-corrected chi connectivity index (χ1v) is 8.82. The van der Waals surface area contributed by atoms with Crippen LogP contribution in [0.15, 0.2) is 18.7 Å². The van der Waals surface area contributed by atoms with E-state index in [2.05, 4.69) is 11.9 Å². The fourth-order valence-electron chi connectivity index (χ4n) is 3.00. The number of alkyl carbamates (subject to hydrolysis) is 1. The number of nitrogens with one attached hydrogen (secondary N) is 1. The second kappa shape index (κ2) is 7.89. The van der Waals surface area contributed by atoms with Crippen LogP contribution in [0.2, 0.25) is 0 Å². The lowest BCUT2D eigenvalue weighted by molar-refractivity contribution is 0.0451. The predicted octanol–water partition coefficient (Wildman–Crippen LogP) is 3.91. The van der Waals surface area contributed by atoms with Crippen molar-refractivity contribution in [1.29, 1.82) is 0 Å². The molecule has 0 radical (unpaired) electrons. The molecule has 0 bridgehead atoms. The number of benzene rings is 1. The van der Waals surface area contributed by atoms with Crippen LogP contribution in [0.5, 0.6) is 0 Å². The van der Waals surface area contributed by atoms with Crippen LogP contribution in [0.3, 0.4) is 0 Å². The Labute approximate surface area is 154 Å². The molecular formula is C20H27FN2O3. The lowest BCUT2D eigenvalue weighted by Crippen LogP contribution is -2.50. The van der Waals surface area contributed by atoms with Crippen molar-refractivity contribution in [3.63, 3.8) is 0 Å². The van der Waals surface area contributed by atoms with E-state index in [0.717, 1.165) is 24.0 Å². The minimum Gasteiger partial charge on any atom is -0.444 e. The van der Waals surface area contributed by atoms with E-state index >= 15 is 0 Å². The largest absolute Gasteiger partial charge is 0.444 e. The number of hydrogen-bond donors (Lipinski definition) is 1. The smallest absolute Gasteiger partial charge is 0.407 e. The van der Waals surface area contributed by atoms with Gasteiger partial charge in [-0.2, -0.15) is 0 Å². The van der Waals surface area contributed by atoms with Gasteiger partial charge < -0.3 is 15.0 Å². The first-order chi connectivity index (χ1) is 12.1. The maximum Gasteiger partial charge on any atom is 0.407 e. The van der Waals surface area contributed by atoms with Gasteiger partial charge in [0.05, 0.1) is 5.56 Å². The molecule has 1 heterocycles. The van der Waals surface area contributed by atoms with E-state index in [1.807, 2.05) is 0 Å². The van der Waals surface area contributed by atoms with E-state index in [1.165, 1.54) is 12.1 Å². The van der Waals surface area contributed by atoms with Gasteiger partial charge in [0.2, 0.25) is 0 Å². The third-order valence-electron chi connectivity index (χ3n) is 4.24. The first kappa shape index (κ1) is 19.9. The lowest BCUT2D eigenvalue weighted by Gasteiger charge is -2.33. The molecule has 2 amide bonds. The van der Waals surface area contributed by atoms with E-state index < -0.39 is 17.5 Å². The summed E-state index contributed by atoms with van der Waals surface area (Å²) in [7, 11) is 0. The van der Waals surface area contributed by atoms with Crippen LogP contribution in [-0.2, 0) is 4.74 Å². The van der Waals surface area contributed by atoms with Crippen LogP contribution in [0.4, 0.5) is 9.18 Å². The highest BCUT2D eigenvalue weighted by Gasteiger charge is 2.28. The molecule has 1 aliphatic heterocycles. The van der Waals surface area contributed by atoms with Crippen molar-refractivity contribution in [2.75, 3.05) is 13.1 Å². The van der Waals surface area contributed by atoms with Crippen LogP contribution >= 0.6 is 0 Å². The van der Waals surface area contributed by atoms with Crippen LogP contribution in [0.25, 0.3) is 6.08 Å². The number of aryl methyl sites for hydroxylation is 1. The van der Waals surface area contributed by atoms with Crippen LogP contribution in [0.1, 0.15) is 55.1 Å². The standard InChI is InChI=1S/C20H27FN2O3/c1-6-14-11-16(17(21)10-13(14)2)18(24)23-9-7-8-15(12-23)22-19(25)26-20(3,4)5/h6,10-11,15H,1,7-9,12H2,2-5H3,(H,22,25)/t15-/m0/s1. The number of hydrogen-bond acceptors (Lipinski definition) is 3. The molecule has 1 N–H and O–H groups in total. The fourth-order valence-corrected chi connectivity index (χ4v) is 3.00. The minimum absolute atomic E-state index is 0.0309. The Morgan fingerprint density at radius 1 is 1.38 bits per heavy atom. The summed E-state index contributed by atoms with van der Waals surface area (Å²) in [6.07, 6.45) is 2.58. The van der Waals surface area contributed by atoms with Crippen molar-refractivity contribution in [3.05, 3.63) is 41.2 Å². The highest BCUT2D eigenvalue weighted by atomic mass is 19.1. The normalized spacial score (nSPS) is 17.6. The lowest BCUT2D eigenvalue weighted by atomic mass is 10.0. The Balaban J connectivity index is 2.08. The van der Waals surface area contributed by atoms with Crippen molar-refractivity contribution in [2.24, 2.45) is 0 Å². The molecule has 0 saturated carbocycles. The zero-order valence-electron chi connectivity index (χ0n) is 15.9. The Hall–Kier alpha value is -2.37. The van der Waals surface area contributed by atoms with E-state index in [1.54, 1.807) is 38.7 Å². The molecule has 6 heteroatoms. The molecule has 142 valence electrons. The highest BCUT2D eigenvalue weighted by Crippen LogP contribution is 2.20. The average Bonchev–Trinajstić information content (AvgIpc) is 2.53. The first-order valence-electron chi connectivity index (χ1n) is 8.82. The van der Waals surface area contributed by atoms with Gasteiger partial charge in [-0.3, -0.25) is 4.79 Å². The number of nitrogens with zero attached hydrogens (tertiary/aromatic N) is 1. The third-order valence-corrected chi connectivity index (χ3v) is 4.24. The van der Waals surface area contributed by atoms with Crippen molar-refractivity contribution in [3.8, 4) is 0 Å². The summed E-state index contributed by atoms with van der Waals surface area (Å²) >= 11 is 0. The average molecular weight is 362 g/mol. The van der Waals surface area contributed by atoms with Gasteiger partial charge in [-0.05, 0) is 63.8 Å². The predicted molar refractivity (Wildman–Crippen MR) is 99.5 cm³/mol. The van der Waals surface area contributed by atoms with Crippen LogP contribution in [-0.4, -0.2) is 41.6 Å². The van der Waals surface area contributed by atoms with Crippen molar-refractivity contribution in [2.45, 2.75) is 52.2 Å². The van der Waals surface area contributed by atoms with Crippen LogP contribution in [0, 0.1) is 12.7 Å². The van der Waals surface area contributed by atoms with Crippen molar-refractivity contribution in [1.82, 2.24) is 10.2 Å². The molecule has 2 rings (SSSR count). The summed E-state index contributed by atoms with van der Waals surface area (Å²) in [4.78, 5) is 26.3. The Morgan fingerprint density at radius 3 is 2.69 bits per heavy atom. The maximum atomic E-state index is 14.3. The molecule has 0 aliphatic carbocycles. The fraction of sp³-hybridized carbons (Fsp3) is 0.500. The molecule has 1 aliphatic rings. The molecule has 0 spiro atoms. The zero-order chi connectivity index (χ0) is 19.5. The van der Waals surface area contributed by atoms with Gasteiger partial charge in [0.25, 0.3) is 5.91 Å². The molecule has 1 saturated heterocycles. The number of carbonyl (C=O) groups is 2. The van der Waals surface area contributed by atoms with Crippen molar-refractivity contribution < 1.29 is 18.7 Å². The van der Waals surface area contributed by atoms with E-state index in [4.69, 9.17) is 4.74 Å². The van der Waals surface area contributed by atoms with Gasteiger partial charge in [0.1, 0.15) is 11.4 Å². The maximum absolute atomic E-state index is 14.3. The van der Waals surface area contributed by atoms with Gasteiger partial charge in [-0.1, -0.05) is 12.7 Å². The molecule has 1 aromatic carbocycles. The minimum atomic E-state index is -0.583. The van der Waals surface area contributed by atoms with Gasteiger partial charge in [-0.15, -0.1) is 0 Å². The molecule has 1 aromatic rings. The second-order valence-corrected chi connectivity index (χ2v) is 7.63. The summed E-state index contributed by atoms with van der Waals surface area (Å²) in [6.45, 7) is 11.7. The summed E-state index contributed by atoms with van der Waals surface area (Å²) in [5, 5.41) is 2.79. The number of halogens is 1. The van der Waals surface area contributed by atoms with Gasteiger partial charge in [0.15, 0.2) is 0 Å². The summed E-state index contributed by atoms with van der Waals surface area (Å²) < 4.78 is 19.6. The van der Waals surface area contributed by atoms with Gasteiger partial charge >= 0.3 is 6.09 Å². The monoisotopic (exact) mass is 362 g/mol. The number of likely N-dealkylation sites (tertiary alicyclic amines) is 1. The summed E-state index contributed by atoms with van der Waals surface area (Å²) in [6, 6.07) is 2.67. The van der Waals surface area contributed by atoms with Gasteiger partial charge in [0, 0.05) is 19.1 Å². The molecule has 1 atom stereocenters. The molecule has 0 unspecified atom stereocenters. The summed E-state index contributed by atoms with van der Waals surface area (Å²) in [5.74, 6) is -0.915. The molecule has 0 aromatic heterocycles. The quantitative estimate of drug-likeness (QED) is 0.887. The topological polar surface area (TPSA) is 58.6 Å². The van der Waals surface area contributed by atoms with E-state index in [0.29, 0.717) is 13.1 Å². The van der Waals surface area contributed by atoms with Crippen LogP contribution < -0.4 is 5.32 Å². The number of ether oxygens (including phenoxy) is 1. The van der Waals surface area contributed by atoms with E-state index in [9.17, 15) is 14.0 Å². The third kappa shape index (κ3) is 5.07. The zero-order valence-corrected chi connectivity index (χ0v) is 15.9. The number of amides is 2. The number of carbonyl (C=O) groups excluding carboxylic acids is 2. The Bertz CT molecular complexity index is 710. The number of rotatable bonds is 3. The summed E-state index contributed by atoms with van der Waals surface area (Å²) in [5.41, 5.74) is 0.913. The molecule has 26 heavy (non-hydrogen) atoms. The Morgan fingerprint density at radius 2 is 2.08 bits per heavy atom. The highest BCUT2D eigenvalue weighted by molar-refractivity contribution is 5.95. The molecular weight excluding hydrogens is 335 g/mol.